The smallest absolute Gasteiger partial charge is 0.172 e. The maximum absolute atomic E-state index is 10.6. The molecule has 0 saturated heterocycles. The highest BCUT2D eigenvalue weighted by molar-refractivity contribution is 7.82. The van der Waals surface area contributed by atoms with E-state index in [0.717, 1.165) is 3.97 Å². The molecule has 0 amide bonds. The van der Waals surface area contributed by atoms with Crippen LogP contribution in [0.2, 0.25) is 0 Å². The molecule has 0 atom stereocenters. The highest BCUT2D eigenvalue weighted by atomic mass is 32.2. The summed E-state index contributed by atoms with van der Waals surface area (Å²) < 4.78 is 22.1. The summed E-state index contributed by atoms with van der Waals surface area (Å²) in [5.41, 5.74) is 0. The molecule has 5 heteroatoms. The third-order valence-electron chi connectivity index (χ3n) is 0.982. The van der Waals surface area contributed by atoms with Crippen molar-refractivity contribution >= 4 is 10.2 Å². The quantitative estimate of drug-likeness (QED) is 0.535. The van der Waals surface area contributed by atoms with E-state index in [0.29, 0.717) is 0 Å². The third kappa shape index (κ3) is 1.52. The van der Waals surface area contributed by atoms with Crippen LogP contribution in [0, 0.1) is 0 Å². The second kappa shape index (κ2) is 2.36. The van der Waals surface area contributed by atoms with Crippen LogP contribution in [0.5, 0.6) is 0 Å². The molecule has 0 spiro atoms. The molecule has 0 aliphatic heterocycles. The number of pyridine rings is 1. The summed E-state index contributed by atoms with van der Waals surface area (Å²) >= 11 is 0. The Morgan fingerprint density at radius 2 is 1.60 bits per heavy atom. The summed E-state index contributed by atoms with van der Waals surface area (Å²) in [6.07, 6.45) is 2.74. The van der Waals surface area contributed by atoms with Gasteiger partial charge in [0.05, 0.1) is 0 Å². The lowest BCUT2D eigenvalue weighted by Gasteiger charge is -1.86. The van der Waals surface area contributed by atoms with Crippen molar-refractivity contribution in [2.45, 2.75) is 0 Å². The molecule has 54 valence electrons. The number of nitrogens with zero attached hydrogens (tertiary/aromatic N) is 1. The van der Waals surface area contributed by atoms with E-state index in [1.807, 2.05) is 0 Å². The van der Waals surface area contributed by atoms with Gasteiger partial charge in [-0.25, -0.2) is 0 Å². The number of nitrogens with two attached hydrogens (primary N) is 1. The highest BCUT2D eigenvalue weighted by Crippen LogP contribution is 1.77. The number of rotatable bonds is 1. The minimum Gasteiger partial charge on any atom is -0.172 e. The molecule has 2 N–H and O–H groups in total. The first-order valence-corrected chi connectivity index (χ1v) is 4.10. The molecule has 4 nitrogen and oxygen atoms in total. The topological polar surface area (TPSA) is 64.0 Å². The Morgan fingerprint density at radius 1 is 1.10 bits per heavy atom. The van der Waals surface area contributed by atoms with Gasteiger partial charge in [0.15, 0.2) is 12.4 Å². The van der Waals surface area contributed by atoms with Crippen LogP contribution in [-0.4, -0.2) is 8.42 Å². The van der Waals surface area contributed by atoms with E-state index in [-0.39, 0.29) is 0 Å². The monoisotopic (exact) mass is 159 g/mol. The van der Waals surface area contributed by atoms with E-state index in [4.69, 9.17) is 5.14 Å². The lowest BCUT2D eigenvalue weighted by molar-refractivity contribution is -0.511. The first-order chi connectivity index (χ1) is 4.61. The lowest BCUT2D eigenvalue weighted by atomic mass is 10.5. The second-order valence-corrected chi connectivity index (χ2v) is 3.20. The van der Waals surface area contributed by atoms with Crippen LogP contribution in [0.3, 0.4) is 0 Å². The van der Waals surface area contributed by atoms with Crippen LogP contribution in [0.25, 0.3) is 0 Å². The summed E-state index contributed by atoms with van der Waals surface area (Å²) in [5.74, 6) is 0. The molecule has 1 aromatic heterocycles. The average molecular weight is 159 g/mol. The van der Waals surface area contributed by atoms with Gasteiger partial charge in [-0.1, -0.05) is 10.0 Å². The van der Waals surface area contributed by atoms with Gasteiger partial charge in [0, 0.05) is 12.1 Å². The average Bonchev–Trinajstić information content (AvgIpc) is 1.88. The van der Waals surface area contributed by atoms with Crippen molar-refractivity contribution < 1.29 is 12.4 Å². The minimum atomic E-state index is -3.59. The third-order valence-corrected chi connectivity index (χ3v) is 1.81. The van der Waals surface area contributed by atoms with Crippen molar-refractivity contribution in [1.29, 1.82) is 0 Å². The Kier molecular flexibility index (Phi) is 1.69. The van der Waals surface area contributed by atoms with E-state index < -0.39 is 10.2 Å². The van der Waals surface area contributed by atoms with Crippen molar-refractivity contribution in [3.8, 4) is 0 Å². The Bertz CT molecular complexity index is 306. The van der Waals surface area contributed by atoms with Gasteiger partial charge >= 0.3 is 10.2 Å². The number of aromatic nitrogens is 1. The van der Waals surface area contributed by atoms with Crippen molar-refractivity contribution in [2.75, 3.05) is 0 Å². The van der Waals surface area contributed by atoms with Crippen molar-refractivity contribution in [2.24, 2.45) is 5.14 Å². The molecule has 0 aliphatic rings. The van der Waals surface area contributed by atoms with Crippen LogP contribution < -0.4 is 9.11 Å². The second-order valence-electron chi connectivity index (χ2n) is 1.75. The molecule has 0 fully saturated rings. The van der Waals surface area contributed by atoms with E-state index in [1.54, 1.807) is 18.2 Å². The zero-order valence-corrected chi connectivity index (χ0v) is 5.95. The summed E-state index contributed by atoms with van der Waals surface area (Å²) in [4.78, 5) is 0. The van der Waals surface area contributed by atoms with Gasteiger partial charge in [0.25, 0.3) is 0 Å². The fraction of sp³-hybridized carbons (Fsp3) is 0. The first-order valence-electron chi connectivity index (χ1n) is 2.60. The van der Waals surface area contributed by atoms with Crippen molar-refractivity contribution in [1.82, 2.24) is 0 Å². The predicted octanol–water partition coefficient (Wildman–Crippen LogP) is -0.974. The predicted molar refractivity (Wildman–Crippen MR) is 35.1 cm³/mol. The van der Waals surface area contributed by atoms with E-state index >= 15 is 0 Å². The Morgan fingerprint density at radius 3 is 1.90 bits per heavy atom. The molecule has 1 rings (SSSR count). The van der Waals surface area contributed by atoms with Gasteiger partial charge in [-0.05, 0) is 0 Å². The lowest BCUT2D eigenvalue weighted by Crippen LogP contribution is -2.46. The SMILES string of the molecule is NS(=O)(=O)[n+]1ccccc1. The summed E-state index contributed by atoms with van der Waals surface area (Å²) in [5, 5.41) is 4.79. The molecule has 1 aromatic rings. The molecule has 0 bridgehead atoms. The van der Waals surface area contributed by atoms with Gasteiger partial charge in [0.1, 0.15) is 0 Å². The maximum Gasteiger partial charge on any atom is 0.442 e. The standard InChI is InChI=1S/C5H7N2O2S/c6-10(8,9)7-4-2-1-3-5-7/h1-5H,(H2,6,8,9)/q+1. The van der Waals surface area contributed by atoms with Gasteiger partial charge in [0.2, 0.25) is 0 Å². The highest BCUT2D eigenvalue weighted by Gasteiger charge is 2.11. The zero-order chi connectivity index (χ0) is 7.61. The van der Waals surface area contributed by atoms with Crippen LogP contribution in [0.15, 0.2) is 30.6 Å². The fourth-order valence-electron chi connectivity index (χ4n) is 0.553. The van der Waals surface area contributed by atoms with Gasteiger partial charge in [-0.2, -0.15) is 5.14 Å². The summed E-state index contributed by atoms with van der Waals surface area (Å²) in [6.45, 7) is 0. The molecule has 1 heterocycles. The first kappa shape index (κ1) is 7.17. The van der Waals surface area contributed by atoms with E-state index in [2.05, 4.69) is 0 Å². The Balaban J connectivity index is 3.22. The normalized spacial score (nSPS) is 11.3. The fourth-order valence-corrected chi connectivity index (χ4v) is 1.03. The molecule has 0 radical (unpaired) electrons. The molecule has 10 heavy (non-hydrogen) atoms. The largest absolute Gasteiger partial charge is 0.442 e. The van der Waals surface area contributed by atoms with E-state index in [1.165, 1.54) is 12.4 Å². The molecular formula is C5H7N2O2S+. The Hall–Kier alpha value is -0.940. The molecule has 0 unspecified atom stereocenters. The zero-order valence-electron chi connectivity index (χ0n) is 5.14. The van der Waals surface area contributed by atoms with E-state index in [9.17, 15) is 8.42 Å². The number of hydrogen-bond donors (Lipinski definition) is 1. The summed E-state index contributed by atoms with van der Waals surface area (Å²) in [7, 11) is -3.59. The molecule has 0 saturated carbocycles. The van der Waals surface area contributed by atoms with Gasteiger partial charge < -0.3 is 0 Å². The van der Waals surface area contributed by atoms with Gasteiger partial charge in [-0.3, -0.25) is 0 Å². The minimum absolute atomic E-state index is 0.938. The van der Waals surface area contributed by atoms with Crippen LogP contribution in [0.1, 0.15) is 0 Å². The van der Waals surface area contributed by atoms with Crippen LogP contribution >= 0.6 is 0 Å². The van der Waals surface area contributed by atoms with Crippen molar-refractivity contribution in [3.05, 3.63) is 30.6 Å². The molecule has 0 aliphatic carbocycles. The maximum atomic E-state index is 10.6. The Labute approximate surface area is 59.1 Å². The molecular weight excluding hydrogens is 152 g/mol. The summed E-state index contributed by atoms with van der Waals surface area (Å²) in [6, 6.07) is 4.89. The van der Waals surface area contributed by atoms with Crippen molar-refractivity contribution in [3.63, 3.8) is 0 Å². The molecule has 0 aromatic carbocycles. The van der Waals surface area contributed by atoms with Crippen LogP contribution in [0.4, 0.5) is 0 Å². The number of hydrogen-bond acceptors (Lipinski definition) is 2. The van der Waals surface area contributed by atoms with Crippen LogP contribution in [-0.2, 0) is 10.2 Å². The van der Waals surface area contributed by atoms with Gasteiger partial charge in [-0.15, -0.1) is 8.42 Å².